The fraction of sp³-hybridized carbons (Fsp3) is 0.462. The molecule has 104 valence electrons. The summed E-state index contributed by atoms with van der Waals surface area (Å²) in [5.41, 5.74) is 2.50. The minimum Gasteiger partial charge on any atom is -0.490 e. The Morgan fingerprint density at radius 1 is 1.42 bits per heavy atom. The lowest BCUT2D eigenvalue weighted by Gasteiger charge is -2.12. The van der Waals surface area contributed by atoms with Gasteiger partial charge >= 0.3 is 0 Å². The van der Waals surface area contributed by atoms with Crippen LogP contribution in [0.2, 0.25) is 0 Å². The van der Waals surface area contributed by atoms with Crippen molar-refractivity contribution in [2.75, 3.05) is 26.4 Å². The molecule has 6 heteroatoms. The molecule has 0 saturated carbocycles. The van der Waals surface area contributed by atoms with Crippen LogP contribution in [0.1, 0.15) is 16.8 Å². The topological polar surface area (TPSA) is 82.8 Å². The average molecular weight is 266 g/mol. The first kappa shape index (κ1) is 13.8. The average Bonchev–Trinajstić information content (AvgIpc) is 2.96. The van der Waals surface area contributed by atoms with Crippen molar-refractivity contribution in [3.63, 3.8) is 0 Å². The van der Waals surface area contributed by atoms with Gasteiger partial charge in [0.1, 0.15) is 12.4 Å². The molecule has 1 unspecified atom stereocenters. The smallest absolute Gasteiger partial charge is 0.268 e. The third-order valence-corrected chi connectivity index (χ3v) is 2.85. The first-order valence-corrected chi connectivity index (χ1v) is 6.23. The number of hydrogen-bond donors (Lipinski definition) is 2. The summed E-state index contributed by atoms with van der Waals surface area (Å²) < 4.78 is 16.3. The first-order chi connectivity index (χ1) is 9.31. The van der Waals surface area contributed by atoms with E-state index in [9.17, 15) is 4.79 Å². The quantitative estimate of drug-likeness (QED) is 0.338. The van der Waals surface area contributed by atoms with Crippen LogP contribution < -0.4 is 16.0 Å². The standard InChI is InChI=1S/C13H18N2O4/c14-15-13(16)11-3-1-2-4-12(11)19-8-7-18-10-5-6-17-9-10/h1-4,10H,5-9,14H2,(H,15,16). The maximum Gasteiger partial charge on any atom is 0.268 e. The molecule has 6 nitrogen and oxygen atoms in total. The molecule has 1 heterocycles. The van der Waals surface area contributed by atoms with Gasteiger partial charge in [0.15, 0.2) is 0 Å². The summed E-state index contributed by atoms with van der Waals surface area (Å²) in [6.07, 6.45) is 1.08. The molecule has 2 rings (SSSR count). The van der Waals surface area contributed by atoms with Gasteiger partial charge in [0.2, 0.25) is 0 Å². The second-order valence-electron chi connectivity index (χ2n) is 4.17. The van der Waals surface area contributed by atoms with Crippen LogP contribution in [-0.4, -0.2) is 38.4 Å². The van der Waals surface area contributed by atoms with Gasteiger partial charge in [0.05, 0.1) is 24.9 Å². The highest BCUT2D eigenvalue weighted by Crippen LogP contribution is 2.17. The zero-order chi connectivity index (χ0) is 13.5. The number of nitrogen functional groups attached to an aromatic ring is 1. The minimum absolute atomic E-state index is 0.159. The highest BCUT2D eigenvalue weighted by atomic mass is 16.6. The van der Waals surface area contributed by atoms with Gasteiger partial charge in [-0.05, 0) is 18.6 Å². The molecule has 0 aliphatic carbocycles. The Hall–Kier alpha value is -1.63. The Balaban J connectivity index is 1.80. The highest BCUT2D eigenvalue weighted by Gasteiger charge is 2.16. The van der Waals surface area contributed by atoms with Crippen LogP contribution in [0.15, 0.2) is 24.3 Å². The number of amides is 1. The van der Waals surface area contributed by atoms with E-state index in [-0.39, 0.29) is 12.0 Å². The molecule has 0 aromatic heterocycles. The molecule has 3 N–H and O–H groups in total. The van der Waals surface area contributed by atoms with Gasteiger partial charge in [-0.15, -0.1) is 0 Å². The van der Waals surface area contributed by atoms with E-state index < -0.39 is 0 Å². The van der Waals surface area contributed by atoms with Gasteiger partial charge in [-0.2, -0.15) is 0 Å². The summed E-state index contributed by atoms with van der Waals surface area (Å²) in [7, 11) is 0. The summed E-state index contributed by atoms with van der Waals surface area (Å²) in [6.45, 7) is 2.25. The van der Waals surface area contributed by atoms with E-state index in [1.807, 2.05) is 0 Å². The Morgan fingerprint density at radius 3 is 3.00 bits per heavy atom. The minimum atomic E-state index is -0.374. The lowest BCUT2D eigenvalue weighted by molar-refractivity contribution is 0.0264. The summed E-state index contributed by atoms with van der Waals surface area (Å²) in [6, 6.07) is 6.94. The van der Waals surface area contributed by atoms with Gasteiger partial charge in [-0.1, -0.05) is 12.1 Å². The first-order valence-electron chi connectivity index (χ1n) is 6.23. The monoisotopic (exact) mass is 266 g/mol. The van der Waals surface area contributed by atoms with Gasteiger partial charge in [-0.3, -0.25) is 10.2 Å². The number of para-hydroxylation sites is 1. The SMILES string of the molecule is NNC(=O)c1ccccc1OCCOC1CCOC1. The number of nitrogens with two attached hydrogens (primary N) is 1. The summed E-state index contributed by atoms with van der Waals surface area (Å²) in [4.78, 5) is 11.5. The van der Waals surface area contributed by atoms with Crippen LogP contribution in [0.3, 0.4) is 0 Å². The second kappa shape index (κ2) is 7.08. The van der Waals surface area contributed by atoms with Crippen molar-refractivity contribution in [1.82, 2.24) is 5.43 Å². The molecule has 1 fully saturated rings. The molecule has 19 heavy (non-hydrogen) atoms. The van der Waals surface area contributed by atoms with Crippen molar-refractivity contribution in [2.24, 2.45) is 5.84 Å². The van der Waals surface area contributed by atoms with Crippen LogP contribution >= 0.6 is 0 Å². The number of carbonyl (C=O) groups is 1. The van der Waals surface area contributed by atoms with E-state index in [0.717, 1.165) is 13.0 Å². The number of hydrazine groups is 1. The molecule has 0 radical (unpaired) electrons. The number of rotatable bonds is 6. The molecule has 1 atom stereocenters. The van der Waals surface area contributed by atoms with Crippen molar-refractivity contribution in [1.29, 1.82) is 0 Å². The molecule has 1 saturated heterocycles. The summed E-state index contributed by atoms with van der Waals surface area (Å²) >= 11 is 0. The van der Waals surface area contributed by atoms with Crippen LogP contribution in [0.4, 0.5) is 0 Å². The molecule has 1 amide bonds. The van der Waals surface area contributed by atoms with Crippen LogP contribution in [0.5, 0.6) is 5.75 Å². The Morgan fingerprint density at radius 2 is 2.26 bits per heavy atom. The fourth-order valence-corrected chi connectivity index (χ4v) is 1.87. The number of hydrogen-bond acceptors (Lipinski definition) is 5. The Labute approximate surface area is 111 Å². The number of ether oxygens (including phenoxy) is 3. The Bertz CT molecular complexity index is 419. The van der Waals surface area contributed by atoms with Crippen molar-refractivity contribution < 1.29 is 19.0 Å². The van der Waals surface area contributed by atoms with Crippen molar-refractivity contribution in [3.8, 4) is 5.75 Å². The van der Waals surface area contributed by atoms with Crippen molar-refractivity contribution in [3.05, 3.63) is 29.8 Å². The van der Waals surface area contributed by atoms with Gasteiger partial charge in [0.25, 0.3) is 5.91 Å². The van der Waals surface area contributed by atoms with E-state index in [4.69, 9.17) is 20.1 Å². The summed E-state index contributed by atoms with van der Waals surface area (Å²) in [5.74, 6) is 5.24. The maximum atomic E-state index is 11.5. The van der Waals surface area contributed by atoms with Crippen LogP contribution in [0, 0.1) is 0 Å². The molecular formula is C13H18N2O4. The molecule has 1 aliphatic rings. The number of carbonyl (C=O) groups excluding carboxylic acids is 1. The molecular weight excluding hydrogens is 248 g/mol. The van der Waals surface area contributed by atoms with Gasteiger partial charge in [-0.25, -0.2) is 5.84 Å². The van der Waals surface area contributed by atoms with E-state index in [1.165, 1.54) is 0 Å². The zero-order valence-electron chi connectivity index (χ0n) is 10.6. The maximum absolute atomic E-state index is 11.5. The third kappa shape index (κ3) is 3.92. The van der Waals surface area contributed by atoms with Crippen LogP contribution in [-0.2, 0) is 9.47 Å². The molecule has 1 aromatic carbocycles. The van der Waals surface area contributed by atoms with E-state index in [0.29, 0.717) is 31.1 Å². The van der Waals surface area contributed by atoms with Crippen LogP contribution in [0.25, 0.3) is 0 Å². The van der Waals surface area contributed by atoms with Gasteiger partial charge < -0.3 is 14.2 Å². The van der Waals surface area contributed by atoms with Crippen molar-refractivity contribution in [2.45, 2.75) is 12.5 Å². The third-order valence-electron chi connectivity index (χ3n) is 2.85. The molecule has 0 bridgehead atoms. The largest absolute Gasteiger partial charge is 0.490 e. The van der Waals surface area contributed by atoms with Crippen molar-refractivity contribution >= 4 is 5.91 Å². The normalized spacial score (nSPS) is 18.3. The van der Waals surface area contributed by atoms with E-state index in [1.54, 1.807) is 24.3 Å². The highest BCUT2D eigenvalue weighted by molar-refractivity contribution is 5.96. The molecule has 0 spiro atoms. The molecule has 1 aliphatic heterocycles. The zero-order valence-corrected chi connectivity index (χ0v) is 10.6. The summed E-state index contributed by atoms with van der Waals surface area (Å²) in [5, 5.41) is 0. The number of nitrogens with one attached hydrogen (secondary N) is 1. The number of benzene rings is 1. The van der Waals surface area contributed by atoms with E-state index >= 15 is 0 Å². The predicted molar refractivity (Wildman–Crippen MR) is 68.8 cm³/mol. The van der Waals surface area contributed by atoms with E-state index in [2.05, 4.69) is 5.43 Å². The van der Waals surface area contributed by atoms with Gasteiger partial charge in [0, 0.05) is 6.61 Å². The predicted octanol–water partition coefficient (Wildman–Crippen LogP) is 0.474. The molecule has 1 aromatic rings. The lowest BCUT2D eigenvalue weighted by atomic mass is 10.2. The second-order valence-corrected chi connectivity index (χ2v) is 4.17. The Kier molecular flexibility index (Phi) is 5.14. The fourth-order valence-electron chi connectivity index (χ4n) is 1.87. The lowest BCUT2D eigenvalue weighted by Crippen LogP contribution is -2.30.